The van der Waals surface area contributed by atoms with Gasteiger partial charge in [-0.3, -0.25) is 13.9 Å². The van der Waals surface area contributed by atoms with Crippen LogP contribution in [0.5, 0.6) is 0 Å². The molecule has 20 heavy (non-hydrogen) atoms. The van der Waals surface area contributed by atoms with Crippen LogP contribution in [0.1, 0.15) is 36.7 Å². The third kappa shape index (κ3) is 3.04. The highest BCUT2D eigenvalue weighted by Crippen LogP contribution is 2.07. The SMILES string of the molecule is CC(C)n1ccn(CCC(=O)c2ccc(F)cc2)c1=O. The van der Waals surface area contributed by atoms with Crippen LogP contribution in [-0.2, 0) is 6.54 Å². The molecule has 0 bridgehead atoms. The molecule has 4 nitrogen and oxygen atoms in total. The predicted octanol–water partition coefficient (Wildman–Crippen LogP) is 2.64. The molecule has 1 heterocycles. The molecule has 0 spiro atoms. The van der Waals surface area contributed by atoms with Crippen molar-refractivity contribution in [1.29, 1.82) is 0 Å². The third-order valence-electron chi connectivity index (χ3n) is 3.18. The monoisotopic (exact) mass is 276 g/mol. The fraction of sp³-hybridized carbons (Fsp3) is 0.333. The molecule has 0 saturated carbocycles. The maximum Gasteiger partial charge on any atom is 0.328 e. The molecule has 0 saturated heterocycles. The van der Waals surface area contributed by atoms with Crippen molar-refractivity contribution in [2.75, 3.05) is 0 Å². The number of aryl methyl sites for hydroxylation is 1. The number of hydrogen-bond acceptors (Lipinski definition) is 2. The van der Waals surface area contributed by atoms with E-state index >= 15 is 0 Å². The summed E-state index contributed by atoms with van der Waals surface area (Å²) in [6.07, 6.45) is 3.61. The van der Waals surface area contributed by atoms with Crippen molar-refractivity contribution < 1.29 is 9.18 Å². The van der Waals surface area contributed by atoms with Gasteiger partial charge in [-0.25, -0.2) is 9.18 Å². The van der Waals surface area contributed by atoms with Gasteiger partial charge < -0.3 is 0 Å². The highest BCUT2D eigenvalue weighted by molar-refractivity contribution is 5.95. The molecule has 0 aliphatic rings. The van der Waals surface area contributed by atoms with Gasteiger partial charge in [0.1, 0.15) is 5.82 Å². The third-order valence-corrected chi connectivity index (χ3v) is 3.18. The Morgan fingerprint density at radius 1 is 1.20 bits per heavy atom. The molecule has 0 aliphatic carbocycles. The van der Waals surface area contributed by atoms with Crippen LogP contribution >= 0.6 is 0 Å². The standard InChI is InChI=1S/C15H17FN2O2/c1-11(2)18-10-9-17(15(18)20)8-7-14(19)12-3-5-13(16)6-4-12/h3-6,9-11H,7-8H2,1-2H3. The molecule has 1 aromatic carbocycles. The van der Waals surface area contributed by atoms with Gasteiger partial charge >= 0.3 is 5.69 Å². The quantitative estimate of drug-likeness (QED) is 0.788. The summed E-state index contributed by atoms with van der Waals surface area (Å²) in [4.78, 5) is 23.9. The van der Waals surface area contributed by atoms with E-state index in [-0.39, 0.29) is 29.8 Å². The summed E-state index contributed by atoms with van der Waals surface area (Å²) in [5, 5.41) is 0. The Labute approximate surface area is 116 Å². The molecular formula is C15H17FN2O2. The van der Waals surface area contributed by atoms with Crippen LogP contribution in [0.2, 0.25) is 0 Å². The van der Waals surface area contributed by atoms with E-state index < -0.39 is 0 Å². The highest BCUT2D eigenvalue weighted by Gasteiger charge is 2.09. The fourth-order valence-electron chi connectivity index (χ4n) is 1.99. The van der Waals surface area contributed by atoms with E-state index in [1.807, 2.05) is 13.8 Å². The van der Waals surface area contributed by atoms with E-state index in [0.717, 1.165) is 0 Å². The average Bonchev–Trinajstić information content (AvgIpc) is 2.78. The maximum atomic E-state index is 12.8. The summed E-state index contributed by atoms with van der Waals surface area (Å²) in [5.41, 5.74) is 0.342. The van der Waals surface area contributed by atoms with E-state index in [2.05, 4.69) is 0 Å². The normalized spacial score (nSPS) is 11.0. The largest absolute Gasteiger partial charge is 0.328 e. The van der Waals surface area contributed by atoms with Crippen LogP contribution in [0.3, 0.4) is 0 Å². The molecule has 0 fully saturated rings. The van der Waals surface area contributed by atoms with Crippen molar-refractivity contribution in [3.05, 3.63) is 58.5 Å². The Bertz CT molecular complexity index is 653. The summed E-state index contributed by atoms with van der Waals surface area (Å²) in [6, 6.07) is 5.53. The van der Waals surface area contributed by atoms with E-state index in [1.54, 1.807) is 17.0 Å². The first-order valence-electron chi connectivity index (χ1n) is 6.55. The number of benzene rings is 1. The lowest BCUT2D eigenvalue weighted by molar-refractivity contribution is 0.0976. The zero-order chi connectivity index (χ0) is 14.7. The van der Waals surface area contributed by atoms with Crippen molar-refractivity contribution in [2.24, 2.45) is 0 Å². The van der Waals surface area contributed by atoms with Crippen LogP contribution in [-0.4, -0.2) is 14.9 Å². The minimum Gasteiger partial charge on any atom is -0.299 e. The molecule has 0 aliphatic heterocycles. The minimum atomic E-state index is -0.369. The Morgan fingerprint density at radius 2 is 1.85 bits per heavy atom. The highest BCUT2D eigenvalue weighted by atomic mass is 19.1. The fourth-order valence-corrected chi connectivity index (χ4v) is 1.99. The number of aromatic nitrogens is 2. The summed E-state index contributed by atoms with van der Waals surface area (Å²) < 4.78 is 15.9. The van der Waals surface area contributed by atoms with Crippen molar-refractivity contribution in [2.45, 2.75) is 32.9 Å². The molecule has 0 unspecified atom stereocenters. The number of nitrogens with zero attached hydrogens (tertiary/aromatic N) is 2. The van der Waals surface area contributed by atoms with E-state index in [9.17, 15) is 14.0 Å². The van der Waals surface area contributed by atoms with E-state index in [4.69, 9.17) is 0 Å². The van der Waals surface area contributed by atoms with Crippen molar-refractivity contribution in [3.63, 3.8) is 0 Å². The minimum absolute atomic E-state index is 0.0940. The van der Waals surface area contributed by atoms with Gasteiger partial charge in [-0.15, -0.1) is 0 Å². The van der Waals surface area contributed by atoms with Crippen LogP contribution in [0.4, 0.5) is 4.39 Å². The van der Waals surface area contributed by atoms with Gasteiger partial charge in [0.2, 0.25) is 0 Å². The Morgan fingerprint density at radius 3 is 2.40 bits per heavy atom. The molecule has 0 atom stereocenters. The summed E-state index contributed by atoms with van der Waals surface area (Å²) in [5.74, 6) is -0.471. The van der Waals surface area contributed by atoms with Crippen molar-refractivity contribution in [1.82, 2.24) is 9.13 Å². The van der Waals surface area contributed by atoms with Gasteiger partial charge in [-0.2, -0.15) is 0 Å². The lowest BCUT2D eigenvalue weighted by atomic mass is 10.1. The number of halogens is 1. The van der Waals surface area contributed by atoms with Crippen molar-refractivity contribution in [3.8, 4) is 0 Å². The van der Waals surface area contributed by atoms with Gasteiger partial charge in [-0.05, 0) is 38.1 Å². The first-order valence-corrected chi connectivity index (χ1v) is 6.55. The summed E-state index contributed by atoms with van der Waals surface area (Å²) >= 11 is 0. The van der Waals surface area contributed by atoms with Gasteiger partial charge in [0, 0.05) is 37.0 Å². The summed E-state index contributed by atoms with van der Waals surface area (Å²) in [6.45, 7) is 4.18. The molecule has 1 aromatic heterocycles. The Balaban J connectivity index is 2.04. The number of Topliss-reactive ketones (excluding diaryl/α,β-unsaturated/α-hetero) is 1. The van der Waals surface area contributed by atoms with Gasteiger partial charge in [0.15, 0.2) is 5.78 Å². The number of imidazole rings is 1. The zero-order valence-corrected chi connectivity index (χ0v) is 11.5. The Hall–Kier alpha value is -2.17. The topological polar surface area (TPSA) is 44.0 Å². The second kappa shape index (κ2) is 5.86. The van der Waals surface area contributed by atoms with Gasteiger partial charge in [0.25, 0.3) is 0 Å². The van der Waals surface area contributed by atoms with E-state index in [0.29, 0.717) is 12.1 Å². The number of rotatable bonds is 5. The second-order valence-electron chi connectivity index (χ2n) is 4.96. The van der Waals surface area contributed by atoms with Crippen LogP contribution in [0, 0.1) is 5.82 Å². The number of hydrogen-bond donors (Lipinski definition) is 0. The number of carbonyl (C=O) groups is 1. The molecule has 5 heteroatoms. The van der Waals surface area contributed by atoms with E-state index in [1.165, 1.54) is 28.8 Å². The predicted molar refractivity (Wildman–Crippen MR) is 74.4 cm³/mol. The van der Waals surface area contributed by atoms with Crippen LogP contribution < -0.4 is 5.69 Å². The molecule has 106 valence electrons. The molecule has 2 aromatic rings. The van der Waals surface area contributed by atoms with Crippen LogP contribution in [0.15, 0.2) is 41.5 Å². The van der Waals surface area contributed by atoms with Crippen molar-refractivity contribution >= 4 is 5.78 Å². The Kier molecular flexibility index (Phi) is 4.17. The average molecular weight is 276 g/mol. The molecule has 0 amide bonds. The molecule has 0 radical (unpaired) electrons. The second-order valence-corrected chi connectivity index (χ2v) is 4.96. The lowest BCUT2D eigenvalue weighted by Crippen LogP contribution is -2.26. The van der Waals surface area contributed by atoms with Gasteiger partial charge in [0.05, 0.1) is 0 Å². The first kappa shape index (κ1) is 14.2. The summed E-state index contributed by atoms with van der Waals surface area (Å²) in [7, 11) is 0. The molecular weight excluding hydrogens is 259 g/mol. The smallest absolute Gasteiger partial charge is 0.299 e. The molecule has 0 N–H and O–H groups in total. The first-order chi connectivity index (χ1) is 9.49. The molecule has 2 rings (SSSR count). The number of carbonyl (C=O) groups excluding carboxylic acids is 1. The van der Waals surface area contributed by atoms with Gasteiger partial charge in [-0.1, -0.05) is 0 Å². The zero-order valence-electron chi connectivity index (χ0n) is 11.5. The van der Waals surface area contributed by atoms with Crippen LogP contribution in [0.25, 0.3) is 0 Å². The maximum absolute atomic E-state index is 12.8. The number of ketones is 1. The lowest BCUT2D eigenvalue weighted by Gasteiger charge is -2.05.